The Labute approximate surface area is 175 Å². The molecule has 0 aliphatic rings. The lowest BCUT2D eigenvalue weighted by molar-refractivity contribution is -0.385. The molecule has 1 aromatic rings. The van der Waals surface area contributed by atoms with Crippen LogP contribution in [0.5, 0.6) is 0 Å². The summed E-state index contributed by atoms with van der Waals surface area (Å²) in [5.74, 6) is 0.908. The lowest BCUT2D eigenvalue weighted by atomic mass is 9.96. The van der Waals surface area contributed by atoms with Crippen LogP contribution >= 0.6 is 0 Å². The number of hydrogen-bond acceptors (Lipinski definition) is 4. The number of benzene rings is 1. The molecule has 0 bridgehead atoms. The predicted molar refractivity (Wildman–Crippen MR) is 117 cm³/mol. The number of amides is 1. The molecule has 0 aliphatic carbocycles. The van der Waals surface area contributed by atoms with Crippen molar-refractivity contribution in [3.63, 3.8) is 0 Å². The van der Waals surface area contributed by atoms with Crippen molar-refractivity contribution in [2.75, 3.05) is 13.1 Å². The molecule has 1 rings (SSSR count). The fourth-order valence-corrected chi connectivity index (χ4v) is 3.86. The first kappa shape index (κ1) is 24.9. The standard InChI is InChI=1S/C23H38N2O4/c1-5-11-19(8-4)16-24(17-20(12-6-2)13-7-3)23(26)29-18-21-14-9-10-15-22(21)25(27)28/h9-10,14-15,19-20H,5-8,11-13,16-18H2,1-4H3. The van der Waals surface area contributed by atoms with Gasteiger partial charge in [-0.15, -0.1) is 0 Å². The van der Waals surface area contributed by atoms with E-state index in [1.165, 1.54) is 6.07 Å². The molecule has 1 unspecified atom stereocenters. The highest BCUT2D eigenvalue weighted by molar-refractivity contribution is 5.67. The Hall–Kier alpha value is -2.11. The van der Waals surface area contributed by atoms with Crippen molar-refractivity contribution < 1.29 is 14.5 Å². The van der Waals surface area contributed by atoms with Crippen LogP contribution < -0.4 is 0 Å². The highest BCUT2D eigenvalue weighted by Crippen LogP contribution is 2.22. The number of para-hydroxylation sites is 1. The maximum absolute atomic E-state index is 12.9. The summed E-state index contributed by atoms with van der Waals surface area (Å²) >= 11 is 0. The van der Waals surface area contributed by atoms with Crippen molar-refractivity contribution in [2.45, 2.75) is 79.2 Å². The summed E-state index contributed by atoms with van der Waals surface area (Å²) in [6.45, 7) is 9.96. The normalized spacial score (nSPS) is 12.0. The molecular weight excluding hydrogens is 368 g/mol. The van der Waals surface area contributed by atoms with E-state index in [1.54, 1.807) is 18.2 Å². The fourth-order valence-electron chi connectivity index (χ4n) is 3.86. The van der Waals surface area contributed by atoms with Gasteiger partial charge in [-0.1, -0.05) is 65.5 Å². The zero-order valence-corrected chi connectivity index (χ0v) is 18.6. The monoisotopic (exact) mass is 406 g/mol. The Morgan fingerprint density at radius 2 is 1.55 bits per heavy atom. The number of carbonyl (C=O) groups excluding carboxylic acids is 1. The van der Waals surface area contributed by atoms with Gasteiger partial charge in [0.15, 0.2) is 0 Å². The van der Waals surface area contributed by atoms with Crippen LogP contribution in [-0.4, -0.2) is 29.0 Å². The highest BCUT2D eigenvalue weighted by atomic mass is 16.6. The van der Waals surface area contributed by atoms with Crippen LogP contribution in [0.25, 0.3) is 0 Å². The summed E-state index contributed by atoms with van der Waals surface area (Å²) in [5, 5.41) is 11.2. The van der Waals surface area contributed by atoms with Crippen LogP contribution in [0.3, 0.4) is 0 Å². The van der Waals surface area contributed by atoms with Crippen molar-refractivity contribution in [2.24, 2.45) is 11.8 Å². The topological polar surface area (TPSA) is 72.7 Å². The van der Waals surface area contributed by atoms with Gasteiger partial charge in [-0.25, -0.2) is 4.79 Å². The van der Waals surface area contributed by atoms with Crippen LogP contribution in [0.15, 0.2) is 24.3 Å². The van der Waals surface area contributed by atoms with Gasteiger partial charge in [0, 0.05) is 19.2 Å². The minimum atomic E-state index is -0.437. The van der Waals surface area contributed by atoms with Crippen LogP contribution in [0.1, 0.15) is 78.2 Å². The zero-order chi connectivity index (χ0) is 21.6. The number of carbonyl (C=O) groups is 1. The minimum absolute atomic E-state index is 0.0147. The second-order valence-electron chi connectivity index (χ2n) is 7.85. The number of hydrogen-bond donors (Lipinski definition) is 0. The Bertz CT molecular complexity index is 615. The van der Waals surface area contributed by atoms with Crippen molar-refractivity contribution in [1.29, 1.82) is 0 Å². The molecule has 0 fully saturated rings. The Kier molecular flexibility index (Phi) is 12.0. The van der Waals surface area contributed by atoms with Crippen LogP contribution in [0.4, 0.5) is 10.5 Å². The van der Waals surface area contributed by atoms with Crippen LogP contribution in [0, 0.1) is 22.0 Å². The summed E-state index contributed by atoms with van der Waals surface area (Å²) in [6, 6.07) is 6.42. The van der Waals surface area contributed by atoms with Gasteiger partial charge in [-0.2, -0.15) is 0 Å². The van der Waals surface area contributed by atoms with E-state index >= 15 is 0 Å². The Morgan fingerprint density at radius 3 is 2.10 bits per heavy atom. The smallest absolute Gasteiger partial charge is 0.410 e. The summed E-state index contributed by atoms with van der Waals surface area (Å²) in [5.41, 5.74) is 0.407. The molecule has 1 atom stereocenters. The molecule has 0 saturated carbocycles. The van der Waals surface area contributed by atoms with E-state index in [1.807, 2.05) is 4.90 Å². The molecule has 6 heteroatoms. The molecule has 0 spiro atoms. The molecule has 0 N–H and O–H groups in total. The maximum atomic E-state index is 12.9. The van der Waals surface area contributed by atoms with Gasteiger partial charge in [0.2, 0.25) is 0 Å². The third-order valence-electron chi connectivity index (χ3n) is 5.42. The summed E-state index contributed by atoms with van der Waals surface area (Å²) < 4.78 is 5.54. The molecule has 0 heterocycles. The van der Waals surface area contributed by atoms with Crippen molar-refractivity contribution in [1.82, 2.24) is 4.90 Å². The average Bonchev–Trinajstić information content (AvgIpc) is 2.71. The summed E-state index contributed by atoms with van der Waals surface area (Å²) in [7, 11) is 0. The first-order valence-corrected chi connectivity index (χ1v) is 11.1. The lowest BCUT2D eigenvalue weighted by Gasteiger charge is -2.30. The molecule has 164 valence electrons. The lowest BCUT2D eigenvalue weighted by Crippen LogP contribution is -2.39. The van der Waals surface area contributed by atoms with Gasteiger partial charge in [0.05, 0.1) is 10.5 Å². The third-order valence-corrected chi connectivity index (χ3v) is 5.42. The van der Waals surface area contributed by atoms with Gasteiger partial charge >= 0.3 is 6.09 Å². The SMILES string of the molecule is CCCC(CC)CN(CC(CCC)CCC)C(=O)OCc1ccccc1[N+](=O)[O-]. The molecule has 1 aromatic carbocycles. The van der Waals surface area contributed by atoms with Gasteiger partial charge in [0.25, 0.3) is 5.69 Å². The van der Waals surface area contributed by atoms with E-state index < -0.39 is 4.92 Å². The van der Waals surface area contributed by atoms with E-state index in [2.05, 4.69) is 27.7 Å². The molecule has 0 saturated heterocycles. The molecule has 0 aromatic heterocycles. The van der Waals surface area contributed by atoms with E-state index in [9.17, 15) is 14.9 Å². The molecule has 29 heavy (non-hydrogen) atoms. The van der Waals surface area contributed by atoms with Crippen molar-refractivity contribution in [3.05, 3.63) is 39.9 Å². The van der Waals surface area contributed by atoms with E-state index in [0.717, 1.165) is 44.9 Å². The number of nitrogens with zero attached hydrogens (tertiary/aromatic N) is 2. The second-order valence-corrected chi connectivity index (χ2v) is 7.85. The summed E-state index contributed by atoms with van der Waals surface area (Å²) in [4.78, 5) is 25.5. The van der Waals surface area contributed by atoms with Gasteiger partial charge < -0.3 is 9.64 Å². The molecule has 1 amide bonds. The molecule has 6 nitrogen and oxygen atoms in total. The second kappa shape index (κ2) is 14.0. The third kappa shape index (κ3) is 8.84. The van der Waals surface area contributed by atoms with E-state index in [4.69, 9.17) is 4.74 Å². The van der Waals surface area contributed by atoms with Crippen LogP contribution in [0.2, 0.25) is 0 Å². The van der Waals surface area contributed by atoms with Crippen LogP contribution in [-0.2, 0) is 11.3 Å². The highest BCUT2D eigenvalue weighted by Gasteiger charge is 2.23. The van der Waals surface area contributed by atoms with E-state index in [-0.39, 0.29) is 18.4 Å². The largest absolute Gasteiger partial charge is 0.444 e. The summed E-state index contributed by atoms with van der Waals surface area (Å²) in [6.07, 6.45) is 7.19. The van der Waals surface area contributed by atoms with Gasteiger partial charge in [-0.3, -0.25) is 10.1 Å². The number of ether oxygens (including phenoxy) is 1. The minimum Gasteiger partial charge on any atom is -0.444 e. The Balaban J connectivity index is 2.89. The molecular formula is C23H38N2O4. The van der Waals surface area contributed by atoms with E-state index in [0.29, 0.717) is 30.5 Å². The fraction of sp³-hybridized carbons (Fsp3) is 0.696. The van der Waals surface area contributed by atoms with Crippen molar-refractivity contribution in [3.8, 4) is 0 Å². The average molecular weight is 407 g/mol. The zero-order valence-electron chi connectivity index (χ0n) is 18.6. The molecule has 0 radical (unpaired) electrons. The predicted octanol–water partition coefficient (Wildman–Crippen LogP) is 6.58. The quantitative estimate of drug-likeness (QED) is 0.258. The first-order valence-electron chi connectivity index (χ1n) is 11.1. The van der Waals surface area contributed by atoms with Crippen molar-refractivity contribution >= 4 is 11.8 Å². The van der Waals surface area contributed by atoms with Gasteiger partial charge in [-0.05, 0) is 37.2 Å². The number of nitro groups is 1. The maximum Gasteiger partial charge on any atom is 0.410 e. The number of nitro benzene ring substituents is 1. The molecule has 0 aliphatic heterocycles. The first-order chi connectivity index (χ1) is 14.0. The Morgan fingerprint density at radius 1 is 1.00 bits per heavy atom. The number of rotatable bonds is 14. The van der Waals surface area contributed by atoms with Gasteiger partial charge in [0.1, 0.15) is 6.61 Å².